The summed E-state index contributed by atoms with van der Waals surface area (Å²) in [7, 11) is 0. The molecule has 5 nitrogen and oxygen atoms in total. The summed E-state index contributed by atoms with van der Waals surface area (Å²) < 4.78 is 6.26. The van der Waals surface area contributed by atoms with Crippen molar-refractivity contribution in [1.82, 2.24) is 0 Å². The van der Waals surface area contributed by atoms with Gasteiger partial charge in [0.1, 0.15) is 0 Å². The molecule has 92 valence electrons. The SMILES string of the molecule is CC1OCCC1Nc1cc([N+](=O)[O-])ccc1Br. The van der Waals surface area contributed by atoms with Gasteiger partial charge in [-0.15, -0.1) is 0 Å². The molecule has 2 atom stereocenters. The maximum Gasteiger partial charge on any atom is 0.271 e. The third-order valence-corrected chi connectivity index (χ3v) is 3.57. The van der Waals surface area contributed by atoms with E-state index in [1.807, 2.05) is 6.92 Å². The summed E-state index contributed by atoms with van der Waals surface area (Å²) in [5.41, 5.74) is 0.823. The summed E-state index contributed by atoms with van der Waals surface area (Å²) in [6, 6.07) is 4.90. The third kappa shape index (κ3) is 2.76. The molecule has 0 aliphatic carbocycles. The Morgan fingerprint density at radius 1 is 1.59 bits per heavy atom. The van der Waals surface area contributed by atoms with Gasteiger partial charge >= 0.3 is 0 Å². The molecule has 2 unspecified atom stereocenters. The summed E-state index contributed by atoms with van der Waals surface area (Å²) in [6.07, 6.45) is 1.04. The second-order valence-corrected chi connectivity index (χ2v) is 4.89. The average Bonchev–Trinajstić information content (AvgIpc) is 2.67. The summed E-state index contributed by atoms with van der Waals surface area (Å²) in [6.45, 7) is 2.72. The Balaban J connectivity index is 2.19. The molecule has 0 aromatic heterocycles. The Labute approximate surface area is 107 Å². The molecule has 0 radical (unpaired) electrons. The van der Waals surface area contributed by atoms with Crippen molar-refractivity contribution >= 4 is 27.3 Å². The van der Waals surface area contributed by atoms with Crippen LogP contribution in [0.1, 0.15) is 13.3 Å². The van der Waals surface area contributed by atoms with Crippen LogP contribution in [0.4, 0.5) is 11.4 Å². The molecular weight excluding hydrogens is 288 g/mol. The zero-order chi connectivity index (χ0) is 12.4. The zero-order valence-electron chi connectivity index (χ0n) is 9.35. The molecule has 0 spiro atoms. The number of hydrogen-bond donors (Lipinski definition) is 1. The van der Waals surface area contributed by atoms with Crippen LogP contribution in [0.25, 0.3) is 0 Å². The summed E-state index contributed by atoms with van der Waals surface area (Å²) in [5.74, 6) is 0. The Kier molecular flexibility index (Phi) is 3.63. The molecule has 6 heteroatoms. The van der Waals surface area contributed by atoms with Crippen molar-refractivity contribution in [2.45, 2.75) is 25.5 Å². The smallest absolute Gasteiger partial charge is 0.271 e. The van der Waals surface area contributed by atoms with Gasteiger partial charge in [0.25, 0.3) is 5.69 Å². The van der Waals surface area contributed by atoms with Crippen molar-refractivity contribution < 1.29 is 9.66 Å². The summed E-state index contributed by atoms with van der Waals surface area (Å²) >= 11 is 3.38. The van der Waals surface area contributed by atoms with E-state index in [-0.39, 0.29) is 17.8 Å². The molecular formula is C11H13BrN2O3. The fourth-order valence-corrected chi connectivity index (χ4v) is 2.22. The van der Waals surface area contributed by atoms with Gasteiger partial charge in [0.05, 0.1) is 22.8 Å². The lowest BCUT2D eigenvalue weighted by Gasteiger charge is -2.18. The second-order valence-electron chi connectivity index (χ2n) is 4.04. The van der Waals surface area contributed by atoms with Crippen LogP contribution < -0.4 is 5.32 Å². The van der Waals surface area contributed by atoms with E-state index in [4.69, 9.17) is 4.74 Å². The van der Waals surface area contributed by atoms with Crippen LogP contribution in [-0.4, -0.2) is 23.7 Å². The molecule has 1 heterocycles. The predicted octanol–water partition coefficient (Wildman–Crippen LogP) is 2.95. The molecule has 0 saturated carbocycles. The number of hydrogen-bond acceptors (Lipinski definition) is 4. The van der Waals surface area contributed by atoms with Crippen LogP contribution in [0.15, 0.2) is 22.7 Å². The third-order valence-electron chi connectivity index (χ3n) is 2.88. The van der Waals surface area contributed by atoms with Crippen LogP contribution in [-0.2, 0) is 4.74 Å². The molecule has 0 amide bonds. The monoisotopic (exact) mass is 300 g/mol. The highest BCUT2D eigenvalue weighted by Gasteiger charge is 2.24. The lowest BCUT2D eigenvalue weighted by Crippen LogP contribution is -2.26. The van der Waals surface area contributed by atoms with Crippen LogP contribution in [0, 0.1) is 10.1 Å². The number of nitrogens with zero attached hydrogens (tertiary/aromatic N) is 1. The van der Waals surface area contributed by atoms with Gasteiger partial charge in [-0.2, -0.15) is 0 Å². The first kappa shape index (κ1) is 12.3. The van der Waals surface area contributed by atoms with E-state index >= 15 is 0 Å². The van der Waals surface area contributed by atoms with E-state index in [0.717, 1.165) is 23.2 Å². The molecule has 1 saturated heterocycles. The molecule has 17 heavy (non-hydrogen) atoms. The normalized spacial score (nSPS) is 23.6. The molecule has 1 aromatic rings. The van der Waals surface area contributed by atoms with Crippen molar-refractivity contribution in [3.63, 3.8) is 0 Å². The van der Waals surface area contributed by atoms with Crippen molar-refractivity contribution in [3.05, 3.63) is 32.8 Å². The molecule has 1 N–H and O–H groups in total. The van der Waals surface area contributed by atoms with E-state index in [0.29, 0.717) is 0 Å². The van der Waals surface area contributed by atoms with E-state index in [1.165, 1.54) is 12.1 Å². The minimum absolute atomic E-state index is 0.0854. The van der Waals surface area contributed by atoms with Gasteiger partial charge in [0.15, 0.2) is 0 Å². The van der Waals surface area contributed by atoms with E-state index in [1.54, 1.807) is 6.07 Å². The van der Waals surface area contributed by atoms with Gasteiger partial charge in [-0.3, -0.25) is 10.1 Å². The first-order valence-corrected chi connectivity index (χ1v) is 6.19. The van der Waals surface area contributed by atoms with Crippen molar-refractivity contribution in [2.75, 3.05) is 11.9 Å². The Bertz CT molecular complexity index is 439. The maximum atomic E-state index is 10.7. The Morgan fingerprint density at radius 2 is 2.35 bits per heavy atom. The number of benzene rings is 1. The lowest BCUT2D eigenvalue weighted by atomic mass is 10.1. The van der Waals surface area contributed by atoms with Gasteiger partial charge in [-0.1, -0.05) is 0 Å². The fraction of sp³-hybridized carbons (Fsp3) is 0.455. The molecule has 0 bridgehead atoms. The molecule has 1 aliphatic heterocycles. The number of nitro groups is 1. The highest BCUT2D eigenvalue weighted by atomic mass is 79.9. The minimum atomic E-state index is -0.397. The van der Waals surface area contributed by atoms with Gasteiger partial charge in [-0.25, -0.2) is 0 Å². The first-order chi connectivity index (χ1) is 8.08. The Hall–Kier alpha value is -1.14. The largest absolute Gasteiger partial charge is 0.379 e. The number of halogens is 1. The number of anilines is 1. The van der Waals surface area contributed by atoms with Crippen molar-refractivity contribution in [1.29, 1.82) is 0 Å². The number of nitrogens with one attached hydrogen (secondary N) is 1. The molecule has 1 aliphatic rings. The Morgan fingerprint density at radius 3 is 2.94 bits per heavy atom. The van der Waals surface area contributed by atoms with Crippen LogP contribution in [0.5, 0.6) is 0 Å². The van der Waals surface area contributed by atoms with Crippen LogP contribution in [0.2, 0.25) is 0 Å². The van der Waals surface area contributed by atoms with Crippen LogP contribution >= 0.6 is 15.9 Å². The highest BCUT2D eigenvalue weighted by Crippen LogP contribution is 2.29. The quantitative estimate of drug-likeness (QED) is 0.688. The van der Waals surface area contributed by atoms with Crippen LogP contribution in [0.3, 0.4) is 0 Å². The average molecular weight is 301 g/mol. The number of rotatable bonds is 3. The molecule has 1 aromatic carbocycles. The standard InChI is InChI=1S/C11H13BrN2O3/c1-7-10(4-5-17-7)13-11-6-8(14(15)16)2-3-9(11)12/h2-3,6-7,10,13H,4-5H2,1H3. The molecule has 2 rings (SSSR count). The van der Waals surface area contributed by atoms with Gasteiger partial charge < -0.3 is 10.1 Å². The lowest BCUT2D eigenvalue weighted by molar-refractivity contribution is -0.384. The van der Waals surface area contributed by atoms with Gasteiger partial charge in [0, 0.05) is 23.2 Å². The summed E-state index contributed by atoms with van der Waals surface area (Å²) in [4.78, 5) is 10.3. The van der Waals surface area contributed by atoms with E-state index in [2.05, 4.69) is 21.2 Å². The second kappa shape index (κ2) is 5.01. The fourth-order valence-electron chi connectivity index (χ4n) is 1.86. The maximum absolute atomic E-state index is 10.7. The number of non-ortho nitro benzene ring substituents is 1. The number of ether oxygens (including phenoxy) is 1. The number of nitro benzene ring substituents is 1. The van der Waals surface area contributed by atoms with Gasteiger partial charge in [0.2, 0.25) is 0 Å². The highest BCUT2D eigenvalue weighted by molar-refractivity contribution is 9.10. The van der Waals surface area contributed by atoms with Gasteiger partial charge in [-0.05, 0) is 35.3 Å². The van der Waals surface area contributed by atoms with Crippen molar-refractivity contribution in [2.24, 2.45) is 0 Å². The predicted molar refractivity (Wildman–Crippen MR) is 68.2 cm³/mol. The molecule has 1 fully saturated rings. The van der Waals surface area contributed by atoms with E-state index < -0.39 is 4.92 Å². The van der Waals surface area contributed by atoms with Crippen molar-refractivity contribution in [3.8, 4) is 0 Å². The topological polar surface area (TPSA) is 64.4 Å². The van der Waals surface area contributed by atoms with E-state index in [9.17, 15) is 10.1 Å². The summed E-state index contributed by atoms with van der Waals surface area (Å²) in [5, 5.41) is 14.0. The zero-order valence-corrected chi connectivity index (χ0v) is 10.9. The first-order valence-electron chi connectivity index (χ1n) is 5.40. The minimum Gasteiger partial charge on any atom is -0.379 e.